The number of aliphatic carboxylic acids is 1. The highest BCUT2D eigenvalue weighted by atomic mass is 79.9. The molecule has 0 amide bonds. The fourth-order valence-corrected chi connectivity index (χ4v) is 2.59. The second kappa shape index (κ2) is 7.46. The minimum absolute atomic E-state index is 0.166. The molecule has 0 saturated carbocycles. The first-order valence-electron chi connectivity index (χ1n) is 6.96. The highest BCUT2D eigenvalue weighted by Crippen LogP contribution is 2.32. The average Bonchev–Trinajstić information content (AvgIpc) is 2.44. The number of rotatable bonds is 7. The topological polar surface area (TPSA) is 49.3 Å². The van der Waals surface area contributed by atoms with Gasteiger partial charge in [0.25, 0.3) is 0 Å². The van der Waals surface area contributed by atoms with Crippen molar-refractivity contribution in [1.82, 2.24) is 5.32 Å². The summed E-state index contributed by atoms with van der Waals surface area (Å²) in [5, 5.41) is 12.3. The lowest BCUT2D eigenvalue weighted by Gasteiger charge is -2.27. The van der Waals surface area contributed by atoms with Crippen LogP contribution in [0.3, 0.4) is 0 Å². The standard InChI is InChI=1S/C15H19BrF3NO2/c1-3-14(4-2,13(21)22)9-20-8-10-7-11(15(17,18)19)5-6-12(10)16/h5-7,20H,3-4,8-9H2,1-2H3,(H,21,22). The molecule has 0 atom stereocenters. The lowest BCUT2D eigenvalue weighted by Crippen LogP contribution is -2.40. The molecule has 0 fully saturated rings. The van der Waals surface area contributed by atoms with Crippen molar-refractivity contribution in [1.29, 1.82) is 0 Å². The van der Waals surface area contributed by atoms with Gasteiger partial charge >= 0.3 is 12.1 Å². The molecule has 7 heteroatoms. The highest BCUT2D eigenvalue weighted by molar-refractivity contribution is 9.10. The lowest BCUT2D eigenvalue weighted by atomic mass is 9.82. The van der Waals surface area contributed by atoms with Crippen LogP contribution in [0.5, 0.6) is 0 Å². The highest BCUT2D eigenvalue weighted by Gasteiger charge is 2.34. The Kier molecular flexibility index (Phi) is 6.43. The van der Waals surface area contributed by atoms with Gasteiger partial charge in [-0.25, -0.2) is 0 Å². The molecule has 22 heavy (non-hydrogen) atoms. The van der Waals surface area contributed by atoms with Crippen LogP contribution in [-0.4, -0.2) is 17.6 Å². The van der Waals surface area contributed by atoms with Gasteiger partial charge in [-0.05, 0) is 36.6 Å². The summed E-state index contributed by atoms with van der Waals surface area (Å²) in [6.07, 6.45) is -3.49. The van der Waals surface area contributed by atoms with E-state index < -0.39 is 23.1 Å². The molecule has 124 valence electrons. The number of carboxylic acid groups (broad SMARTS) is 1. The maximum atomic E-state index is 12.7. The van der Waals surface area contributed by atoms with Crippen molar-refractivity contribution in [3.8, 4) is 0 Å². The van der Waals surface area contributed by atoms with Crippen LogP contribution in [-0.2, 0) is 17.5 Å². The van der Waals surface area contributed by atoms with Crippen molar-refractivity contribution in [2.45, 2.75) is 39.4 Å². The van der Waals surface area contributed by atoms with Crippen LogP contribution in [0.2, 0.25) is 0 Å². The molecule has 1 rings (SSSR count). The summed E-state index contributed by atoms with van der Waals surface area (Å²) in [7, 11) is 0. The molecule has 0 aromatic heterocycles. The summed E-state index contributed by atoms with van der Waals surface area (Å²) in [5.41, 5.74) is -1.17. The number of nitrogens with one attached hydrogen (secondary N) is 1. The van der Waals surface area contributed by atoms with E-state index in [0.717, 1.165) is 12.1 Å². The van der Waals surface area contributed by atoms with Gasteiger partial charge in [0, 0.05) is 17.6 Å². The molecule has 0 aliphatic heterocycles. The van der Waals surface area contributed by atoms with Crippen molar-refractivity contribution in [3.05, 3.63) is 33.8 Å². The summed E-state index contributed by atoms with van der Waals surface area (Å²) in [4.78, 5) is 11.4. The molecule has 0 unspecified atom stereocenters. The molecule has 0 aliphatic carbocycles. The van der Waals surface area contributed by atoms with E-state index in [1.54, 1.807) is 13.8 Å². The quantitative estimate of drug-likeness (QED) is 0.733. The van der Waals surface area contributed by atoms with Crippen LogP contribution >= 0.6 is 15.9 Å². The zero-order valence-electron chi connectivity index (χ0n) is 12.4. The average molecular weight is 382 g/mol. The maximum absolute atomic E-state index is 12.7. The number of hydrogen-bond donors (Lipinski definition) is 2. The molecule has 1 aromatic rings. The van der Waals surface area contributed by atoms with Gasteiger partial charge < -0.3 is 10.4 Å². The summed E-state index contributed by atoms with van der Waals surface area (Å²) >= 11 is 3.22. The molecular weight excluding hydrogens is 363 g/mol. The van der Waals surface area contributed by atoms with Crippen LogP contribution in [0.1, 0.15) is 37.8 Å². The van der Waals surface area contributed by atoms with Crippen molar-refractivity contribution in [3.63, 3.8) is 0 Å². The smallest absolute Gasteiger partial charge is 0.416 e. The Morgan fingerprint density at radius 2 is 1.86 bits per heavy atom. The minimum Gasteiger partial charge on any atom is -0.481 e. The van der Waals surface area contributed by atoms with E-state index in [-0.39, 0.29) is 13.1 Å². The predicted octanol–water partition coefficient (Wildman–Crippen LogP) is 4.45. The number of halogens is 4. The number of carboxylic acids is 1. The Bertz CT molecular complexity index is 528. The molecule has 0 heterocycles. The third-order valence-corrected chi connectivity index (χ3v) is 4.73. The Morgan fingerprint density at radius 3 is 2.32 bits per heavy atom. The summed E-state index contributed by atoms with van der Waals surface area (Å²) in [6.45, 7) is 3.95. The fourth-order valence-electron chi connectivity index (χ4n) is 2.20. The first-order valence-corrected chi connectivity index (χ1v) is 7.75. The largest absolute Gasteiger partial charge is 0.481 e. The zero-order valence-corrected chi connectivity index (χ0v) is 14.0. The molecular formula is C15H19BrF3NO2. The van der Waals surface area contributed by atoms with Gasteiger partial charge in [-0.3, -0.25) is 4.79 Å². The van der Waals surface area contributed by atoms with Gasteiger partial charge in [-0.1, -0.05) is 29.8 Å². The van der Waals surface area contributed by atoms with Crippen molar-refractivity contribution >= 4 is 21.9 Å². The Balaban J connectivity index is 2.82. The molecule has 0 radical (unpaired) electrons. The van der Waals surface area contributed by atoms with E-state index in [9.17, 15) is 23.1 Å². The summed E-state index contributed by atoms with van der Waals surface area (Å²) < 4.78 is 38.7. The molecule has 0 spiro atoms. The predicted molar refractivity (Wildman–Crippen MR) is 81.5 cm³/mol. The van der Waals surface area contributed by atoms with Crippen LogP contribution in [0.15, 0.2) is 22.7 Å². The number of alkyl halides is 3. The van der Waals surface area contributed by atoms with Crippen LogP contribution < -0.4 is 5.32 Å². The first-order chi connectivity index (χ1) is 10.2. The van der Waals surface area contributed by atoms with Gasteiger partial charge in [0.2, 0.25) is 0 Å². The van der Waals surface area contributed by atoms with Gasteiger partial charge in [-0.2, -0.15) is 13.2 Å². The molecule has 1 aromatic carbocycles. The Morgan fingerprint density at radius 1 is 1.27 bits per heavy atom. The van der Waals surface area contributed by atoms with Crippen molar-refractivity contribution < 1.29 is 23.1 Å². The normalized spacial score (nSPS) is 12.5. The van der Waals surface area contributed by atoms with E-state index in [1.807, 2.05) is 0 Å². The number of benzene rings is 1. The van der Waals surface area contributed by atoms with E-state index in [1.165, 1.54) is 6.07 Å². The van der Waals surface area contributed by atoms with Gasteiger partial charge in [0.15, 0.2) is 0 Å². The summed E-state index contributed by atoms with van der Waals surface area (Å²) in [5.74, 6) is -0.895. The third kappa shape index (κ3) is 4.46. The summed E-state index contributed by atoms with van der Waals surface area (Å²) in [6, 6.07) is 3.43. The molecule has 3 nitrogen and oxygen atoms in total. The lowest BCUT2D eigenvalue weighted by molar-refractivity contribution is -0.149. The van der Waals surface area contributed by atoms with Gasteiger partial charge in [-0.15, -0.1) is 0 Å². The Labute approximate surface area is 136 Å². The monoisotopic (exact) mass is 381 g/mol. The van der Waals surface area contributed by atoms with Crippen LogP contribution in [0.25, 0.3) is 0 Å². The van der Waals surface area contributed by atoms with Crippen LogP contribution in [0, 0.1) is 5.41 Å². The minimum atomic E-state index is -4.40. The number of hydrogen-bond acceptors (Lipinski definition) is 2. The third-order valence-electron chi connectivity index (χ3n) is 3.96. The molecule has 0 saturated heterocycles. The van der Waals surface area contributed by atoms with Crippen molar-refractivity contribution in [2.75, 3.05) is 6.54 Å². The molecule has 0 bridgehead atoms. The molecule has 0 aliphatic rings. The second-order valence-electron chi connectivity index (χ2n) is 5.20. The van der Waals surface area contributed by atoms with Crippen LogP contribution in [0.4, 0.5) is 13.2 Å². The van der Waals surface area contributed by atoms with Gasteiger partial charge in [0.05, 0.1) is 11.0 Å². The first kappa shape index (κ1) is 19.0. The van der Waals surface area contributed by atoms with E-state index in [0.29, 0.717) is 22.9 Å². The maximum Gasteiger partial charge on any atom is 0.416 e. The van der Waals surface area contributed by atoms with E-state index in [2.05, 4.69) is 21.2 Å². The van der Waals surface area contributed by atoms with E-state index >= 15 is 0 Å². The van der Waals surface area contributed by atoms with Gasteiger partial charge in [0.1, 0.15) is 0 Å². The van der Waals surface area contributed by atoms with Crippen molar-refractivity contribution in [2.24, 2.45) is 5.41 Å². The fraction of sp³-hybridized carbons (Fsp3) is 0.533. The second-order valence-corrected chi connectivity index (χ2v) is 6.05. The Hall–Kier alpha value is -1.08. The molecule has 2 N–H and O–H groups in total. The van der Waals surface area contributed by atoms with E-state index in [4.69, 9.17) is 0 Å². The SMILES string of the molecule is CCC(CC)(CNCc1cc(C(F)(F)F)ccc1Br)C(=O)O. The number of carbonyl (C=O) groups is 1. The zero-order chi connectivity index (χ0) is 17.0.